The monoisotopic (exact) mass is 457 g/mol. The number of fused-ring (bicyclic) bond motifs is 2. The minimum Gasteiger partial charge on any atom is -0.506 e. The van der Waals surface area contributed by atoms with Crippen LogP contribution in [0.1, 0.15) is 5.56 Å². The molecule has 0 aliphatic carbocycles. The van der Waals surface area contributed by atoms with Gasteiger partial charge in [0.1, 0.15) is 17.1 Å². The van der Waals surface area contributed by atoms with Gasteiger partial charge in [0.25, 0.3) is 5.56 Å². The van der Waals surface area contributed by atoms with Crippen molar-refractivity contribution in [3.05, 3.63) is 99.4 Å². The molecule has 146 valence electrons. The van der Waals surface area contributed by atoms with E-state index in [-0.39, 0.29) is 11.3 Å². The third-order valence-electron chi connectivity index (χ3n) is 5.13. The van der Waals surface area contributed by atoms with Crippen molar-refractivity contribution in [2.75, 3.05) is 0 Å². The number of hydrogen-bond donors (Lipinski definition) is 1. The molecule has 5 rings (SSSR count). The highest BCUT2D eigenvalue weighted by atomic mass is 79.9. The summed E-state index contributed by atoms with van der Waals surface area (Å²) in [6.07, 6.45) is 1.64. The Bertz CT molecular complexity index is 1460. The van der Waals surface area contributed by atoms with E-state index < -0.39 is 0 Å². The lowest BCUT2D eigenvalue weighted by atomic mass is 10.1. The summed E-state index contributed by atoms with van der Waals surface area (Å²) in [7, 11) is 0. The molecule has 0 radical (unpaired) electrons. The van der Waals surface area contributed by atoms with E-state index in [0.29, 0.717) is 28.8 Å². The molecule has 30 heavy (non-hydrogen) atoms. The number of rotatable bonds is 3. The number of pyridine rings is 1. The van der Waals surface area contributed by atoms with E-state index in [1.165, 1.54) is 0 Å². The van der Waals surface area contributed by atoms with Gasteiger partial charge in [0.2, 0.25) is 0 Å². The molecule has 3 aromatic carbocycles. The molecule has 0 spiro atoms. The Morgan fingerprint density at radius 2 is 1.67 bits per heavy atom. The summed E-state index contributed by atoms with van der Waals surface area (Å²) < 4.78 is 2.64. The second-order valence-corrected chi connectivity index (χ2v) is 7.91. The number of phenolic OH excluding ortho intramolecular Hbond substituents is 1. The van der Waals surface area contributed by atoms with Crippen LogP contribution in [0.5, 0.6) is 5.75 Å². The number of aromatic hydroxyl groups is 1. The van der Waals surface area contributed by atoms with E-state index in [1.807, 2.05) is 60.7 Å². The van der Waals surface area contributed by atoms with Gasteiger partial charge in [-0.1, -0.05) is 52.3 Å². The fourth-order valence-corrected chi connectivity index (χ4v) is 3.92. The van der Waals surface area contributed by atoms with E-state index in [9.17, 15) is 9.90 Å². The van der Waals surface area contributed by atoms with Crippen LogP contribution in [0.4, 0.5) is 0 Å². The molecule has 2 aromatic heterocycles. The summed E-state index contributed by atoms with van der Waals surface area (Å²) in [5.41, 5.74) is 2.80. The minimum atomic E-state index is -0.108. The molecule has 6 heteroatoms. The average Bonchev–Trinajstić information content (AvgIpc) is 2.78. The molecule has 5 nitrogen and oxygen atoms in total. The van der Waals surface area contributed by atoms with Crippen LogP contribution >= 0.6 is 15.9 Å². The molecule has 0 saturated heterocycles. The predicted molar refractivity (Wildman–Crippen MR) is 122 cm³/mol. The topological polar surface area (TPSA) is 68.0 Å². The van der Waals surface area contributed by atoms with E-state index in [1.54, 1.807) is 22.9 Å². The van der Waals surface area contributed by atoms with E-state index >= 15 is 0 Å². The normalized spacial score (nSPS) is 11.2. The Hall–Kier alpha value is -3.51. The minimum absolute atomic E-state index is 0.108. The number of nitrogens with zero attached hydrogens (tertiary/aromatic N) is 3. The van der Waals surface area contributed by atoms with Gasteiger partial charge in [0.15, 0.2) is 0 Å². The molecule has 0 atom stereocenters. The highest BCUT2D eigenvalue weighted by Gasteiger charge is 2.15. The fourth-order valence-electron chi connectivity index (χ4n) is 3.66. The number of aromatic nitrogens is 3. The molecular formula is C24H16BrN3O2. The van der Waals surface area contributed by atoms with Crippen LogP contribution in [-0.2, 0) is 6.54 Å². The molecule has 0 unspecified atom stereocenters. The second kappa shape index (κ2) is 7.39. The molecule has 0 saturated carbocycles. The smallest absolute Gasteiger partial charge is 0.261 e. The zero-order chi connectivity index (χ0) is 20.7. The Morgan fingerprint density at radius 3 is 2.50 bits per heavy atom. The average molecular weight is 458 g/mol. The SMILES string of the molecule is O=c1c2ccccc2nc(-c2ccc(Br)cc2)n1Cc1ccc(O)c2ncccc12. The third kappa shape index (κ3) is 3.15. The van der Waals surface area contributed by atoms with Crippen molar-refractivity contribution < 1.29 is 5.11 Å². The second-order valence-electron chi connectivity index (χ2n) is 6.99. The number of hydrogen-bond acceptors (Lipinski definition) is 4. The molecule has 1 N–H and O–H groups in total. The quantitative estimate of drug-likeness (QED) is 0.407. The van der Waals surface area contributed by atoms with Crippen LogP contribution in [0.15, 0.2) is 88.3 Å². The Balaban J connectivity index is 1.77. The van der Waals surface area contributed by atoms with E-state index in [2.05, 4.69) is 20.9 Å². The summed E-state index contributed by atoms with van der Waals surface area (Å²) in [5.74, 6) is 0.711. The van der Waals surface area contributed by atoms with Crippen LogP contribution < -0.4 is 5.56 Å². The molecule has 5 aromatic rings. The lowest BCUT2D eigenvalue weighted by molar-refractivity contribution is 0.480. The maximum Gasteiger partial charge on any atom is 0.261 e. The lowest BCUT2D eigenvalue weighted by Crippen LogP contribution is -2.24. The third-order valence-corrected chi connectivity index (χ3v) is 5.66. The van der Waals surface area contributed by atoms with Crippen LogP contribution in [0.3, 0.4) is 0 Å². The number of benzene rings is 3. The summed E-state index contributed by atoms with van der Waals surface area (Å²) >= 11 is 3.46. The Kier molecular flexibility index (Phi) is 4.56. The van der Waals surface area contributed by atoms with E-state index in [4.69, 9.17) is 4.98 Å². The van der Waals surface area contributed by atoms with Crippen molar-refractivity contribution in [1.29, 1.82) is 0 Å². The van der Waals surface area contributed by atoms with Gasteiger partial charge in [0, 0.05) is 21.6 Å². The summed E-state index contributed by atoms with van der Waals surface area (Å²) in [6.45, 7) is 0.310. The van der Waals surface area contributed by atoms with Gasteiger partial charge < -0.3 is 5.11 Å². The lowest BCUT2D eigenvalue weighted by Gasteiger charge is -2.15. The number of para-hydroxylation sites is 1. The van der Waals surface area contributed by atoms with Gasteiger partial charge in [-0.15, -0.1) is 0 Å². The Labute approximate surface area is 180 Å². The molecule has 2 heterocycles. The summed E-state index contributed by atoms with van der Waals surface area (Å²) in [5, 5.41) is 11.5. The molecule has 0 amide bonds. The first kappa shape index (κ1) is 18.5. The van der Waals surface area contributed by atoms with Crippen LogP contribution in [0.2, 0.25) is 0 Å². The summed E-state index contributed by atoms with van der Waals surface area (Å²) in [4.78, 5) is 22.5. The maximum absolute atomic E-state index is 13.4. The first-order valence-electron chi connectivity index (χ1n) is 9.43. The fraction of sp³-hybridized carbons (Fsp3) is 0.0417. The van der Waals surface area contributed by atoms with Gasteiger partial charge >= 0.3 is 0 Å². The summed E-state index contributed by atoms with van der Waals surface area (Å²) in [6, 6.07) is 22.3. The van der Waals surface area contributed by atoms with Crippen molar-refractivity contribution >= 4 is 37.7 Å². The van der Waals surface area contributed by atoms with Gasteiger partial charge in [0.05, 0.1) is 17.4 Å². The van der Waals surface area contributed by atoms with Gasteiger partial charge in [-0.25, -0.2) is 4.98 Å². The molecular weight excluding hydrogens is 442 g/mol. The molecule has 0 aliphatic heterocycles. The molecule has 0 bridgehead atoms. The van der Waals surface area contributed by atoms with E-state index in [0.717, 1.165) is 21.0 Å². The molecule has 0 aliphatic rings. The van der Waals surface area contributed by atoms with Crippen molar-refractivity contribution in [2.45, 2.75) is 6.54 Å². The van der Waals surface area contributed by atoms with Crippen molar-refractivity contribution in [1.82, 2.24) is 14.5 Å². The first-order valence-corrected chi connectivity index (χ1v) is 10.2. The van der Waals surface area contributed by atoms with Gasteiger partial charge in [-0.3, -0.25) is 14.3 Å². The van der Waals surface area contributed by atoms with Gasteiger partial charge in [-0.05, 0) is 42.0 Å². The van der Waals surface area contributed by atoms with Crippen LogP contribution in [0.25, 0.3) is 33.2 Å². The standard InChI is InChI=1S/C24H16BrN3O2/c25-17-10-7-15(8-11-17)23-27-20-6-2-1-4-19(20)24(30)28(23)14-16-9-12-21(29)22-18(16)5-3-13-26-22/h1-13,29H,14H2. The zero-order valence-electron chi connectivity index (χ0n) is 15.8. The number of halogens is 1. The highest BCUT2D eigenvalue weighted by molar-refractivity contribution is 9.10. The van der Waals surface area contributed by atoms with Crippen LogP contribution in [0, 0.1) is 0 Å². The number of phenols is 1. The van der Waals surface area contributed by atoms with Crippen molar-refractivity contribution in [3.8, 4) is 17.1 Å². The van der Waals surface area contributed by atoms with Crippen molar-refractivity contribution in [2.24, 2.45) is 0 Å². The first-order chi connectivity index (χ1) is 14.6. The maximum atomic E-state index is 13.4. The van der Waals surface area contributed by atoms with Crippen molar-refractivity contribution in [3.63, 3.8) is 0 Å². The molecule has 0 fully saturated rings. The predicted octanol–water partition coefficient (Wildman–Crippen LogP) is 5.13. The van der Waals surface area contributed by atoms with Gasteiger partial charge in [-0.2, -0.15) is 0 Å². The zero-order valence-corrected chi connectivity index (χ0v) is 17.4. The Morgan fingerprint density at radius 1 is 0.900 bits per heavy atom. The van der Waals surface area contributed by atoms with Crippen LogP contribution in [-0.4, -0.2) is 19.6 Å². The highest BCUT2D eigenvalue weighted by Crippen LogP contribution is 2.27. The largest absolute Gasteiger partial charge is 0.506 e.